The average Bonchev–Trinajstić information content (AvgIpc) is 2.35. The maximum Gasteiger partial charge on any atom is 0.235 e. The number of nitrogens with zero attached hydrogens (tertiary/aromatic N) is 1. The van der Waals surface area contributed by atoms with Crippen molar-refractivity contribution >= 4 is 27.3 Å². The Morgan fingerprint density at radius 1 is 1.33 bits per heavy atom. The smallest absolute Gasteiger partial charge is 0.235 e. The molecule has 1 aliphatic rings. The summed E-state index contributed by atoms with van der Waals surface area (Å²) >= 11 is 5.90. The van der Waals surface area contributed by atoms with E-state index < -0.39 is 10.0 Å². The molecule has 18 heavy (non-hydrogen) atoms. The van der Waals surface area contributed by atoms with Crippen molar-refractivity contribution in [2.75, 3.05) is 4.72 Å². The summed E-state index contributed by atoms with van der Waals surface area (Å²) < 4.78 is 27.0. The summed E-state index contributed by atoms with van der Waals surface area (Å²) in [4.78, 5) is 3.95. The second-order valence-electron chi connectivity index (χ2n) is 4.76. The Balaban J connectivity index is 2.18. The maximum absolute atomic E-state index is 12.2. The predicted molar refractivity (Wildman–Crippen MR) is 73.4 cm³/mol. The predicted octanol–water partition coefficient (Wildman–Crippen LogP) is 3.12. The van der Waals surface area contributed by atoms with Crippen LogP contribution in [-0.2, 0) is 10.0 Å². The number of sulfonamides is 1. The van der Waals surface area contributed by atoms with Crippen molar-refractivity contribution in [1.29, 1.82) is 0 Å². The Labute approximate surface area is 113 Å². The minimum absolute atomic E-state index is 0.194. The summed E-state index contributed by atoms with van der Waals surface area (Å²) in [7, 11) is -3.35. The SMILES string of the molecule is Cc1cnc(Cl)c(NS(=O)(=O)C2CCCCC2)c1. The molecule has 0 spiro atoms. The van der Waals surface area contributed by atoms with Gasteiger partial charge in [0.05, 0.1) is 10.9 Å². The number of aryl methyl sites for hydroxylation is 1. The van der Waals surface area contributed by atoms with Crippen LogP contribution in [0, 0.1) is 6.92 Å². The molecular formula is C12H17ClN2O2S. The fraction of sp³-hybridized carbons (Fsp3) is 0.583. The standard InChI is InChI=1S/C12H17ClN2O2S/c1-9-7-11(12(13)14-8-9)15-18(16,17)10-5-3-2-4-6-10/h7-8,10,15H,2-6H2,1H3. The van der Waals surface area contributed by atoms with Crippen molar-refractivity contribution in [2.24, 2.45) is 0 Å². The molecule has 1 fully saturated rings. The first-order valence-electron chi connectivity index (χ1n) is 6.13. The molecule has 4 nitrogen and oxygen atoms in total. The molecule has 1 saturated carbocycles. The lowest BCUT2D eigenvalue weighted by Gasteiger charge is -2.22. The molecular weight excluding hydrogens is 272 g/mol. The largest absolute Gasteiger partial charge is 0.280 e. The summed E-state index contributed by atoms with van der Waals surface area (Å²) in [6.45, 7) is 1.85. The topological polar surface area (TPSA) is 59.1 Å². The Hall–Kier alpha value is -0.810. The number of hydrogen-bond acceptors (Lipinski definition) is 3. The van der Waals surface area contributed by atoms with E-state index in [0.29, 0.717) is 5.69 Å². The minimum Gasteiger partial charge on any atom is -0.280 e. The number of aromatic nitrogens is 1. The van der Waals surface area contributed by atoms with Gasteiger partial charge >= 0.3 is 0 Å². The van der Waals surface area contributed by atoms with Crippen LogP contribution in [0.3, 0.4) is 0 Å². The van der Waals surface area contributed by atoms with Crippen LogP contribution < -0.4 is 4.72 Å². The first-order chi connectivity index (χ1) is 8.49. The van der Waals surface area contributed by atoms with Crippen LogP contribution in [0.25, 0.3) is 0 Å². The quantitative estimate of drug-likeness (QED) is 0.870. The molecule has 2 rings (SSSR count). The second kappa shape index (κ2) is 5.45. The van der Waals surface area contributed by atoms with Gasteiger partial charge in [0, 0.05) is 6.20 Å². The highest BCUT2D eigenvalue weighted by Gasteiger charge is 2.27. The lowest BCUT2D eigenvalue weighted by atomic mass is 10.0. The van der Waals surface area contributed by atoms with Crippen molar-refractivity contribution in [1.82, 2.24) is 4.98 Å². The van der Waals surface area contributed by atoms with E-state index in [9.17, 15) is 8.42 Å². The Morgan fingerprint density at radius 2 is 2.00 bits per heavy atom. The van der Waals surface area contributed by atoms with Gasteiger partial charge in [0.15, 0.2) is 5.15 Å². The van der Waals surface area contributed by atoms with Gasteiger partial charge in [-0.25, -0.2) is 13.4 Å². The molecule has 1 aromatic heterocycles. The lowest BCUT2D eigenvalue weighted by molar-refractivity contribution is 0.486. The molecule has 0 aliphatic heterocycles. The zero-order valence-electron chi connectivity index (χ0n) is 10.3. The number of hydrogen-bond donors (Lipinski definition) is 1. The molecule has 0 bridgehead atoms. The van der Waals surface area contributed by atoms with Crippen molar-refractivity contribution in [3.63, 3.8) is 0 Å². The van der Waals surface area contributed by atoms with E-state index >= 15 is 0 Å². The van der Waals surface area contributed by atoms with E-state index in [2.05, 4.69) is 9.71 Å². The van der Waals surface area contributed by atoms with Gasteiger partial charge in [0.1, 0.15) is 0 Å². The van der Waals surface area contributed by atoms with E-state index in [0.717, 1.165) is 37.7 Å². The van der Waals surface area contributed by atoms with Gasteiger partial charge in [0.25, 0.3) is 0 Å². The number of halogens is 1. The van der Waals surface area contributed by atoms with E-state index in [1.807, 2.05) is 6.92 Å². The van der Waals surface area contributed by atoms with Gasteiger partial charge < -0.3 is 0 Å². The summed E-state index contributed by atoms with van der Waals surface area (Å²) in [6, 6.07) is 1.70. The van der Waals surface area contributed by atoms with Crippen LogP contribution in [0.1, 0.15) is 37.7 Å². The Morgan fingerprint density at radius 3 is 2.67 bits per heavy atom. The summed E-state index contributed by atoms with van der Waals surface area (Å²) in [5.74, 6) is 0. The van der Waals surface area contributed by atoms with Gasteiger partial charge in [-0.2, -0.15) is 0 Å². The lowest BCUT2D eigenvalue weighted by Crippen LogP contribution is -2.29. The van der Waals surface area contributed by atoms with Gasteiger partial charge in [-0.1, -0.05) is 30.9 Å². The molecule has 0 unspecified atom stereocenters. The van der Waals surface area contributed by atoms with Crippen LogP contribution in [0.4, 0.5) is 5.69 Å². The fourth-order valence-corrected chi connectivity index (χ4v) is 4.03. The monoisotopic (exact) mass is 288 g/mol. The number of nitrogens with one attached hydrogen (secondary N) is 1. The van der Waals surface area contributed by atoms with Gasteiger partial charge in [0.2, 0.25) is 10.0 Å². The molecule has 1 N–H and O–H groups in total. The number of anilines is 1. The van der Waals surface area contributed by atoms with Gasteiger partial charge in [-0.05, 0) is 31.4 Å². The molecule has 1 aromatic rings. The molecule has 0 atom stereocenters. The number of pyridine rings is 1. The summed E-state index contributed by atoms with van der Waals surface area (Å²) in [6.07, 6.45) is 6.15. The molecule has 1 heterocycles. The van der Waals surface area contributed by atoms with Gasteiger partial charge in [-0.3, -0.25) is 4.72 Å². The van der Waals surface area contributed by atoms with E-state index in [1.165, 1.54) is 0 Å². The van der Waals surface area contributed by atoms with Crippen LogP contribution >= 0.6 is 11.6 Å². The van der Waals surface area contributed by atoms with Crippen LogP contribution in [-0.4, -0.2) is 18.7 Å². The van der Waals surface area contributed by atoms with Crippen LogP contribution in [0.5, 0.6) is 0 Å². The molecule has 0 aromatic carbocycles. The molecule has 0 radical (unpaired) electrons. The zero-order chi connectivity index (χ0) is 13.2. The first-order valence-corrected chi connectivity index (χ1v) is 8.05. The zero-order valence-corrected chi connectivity index (χ0v) is 11.9. The fourth-order valence-electron chi connectivity index (χ4n) is 2.24. The van der Waals surface area contributed by atoms with Crippen LogP contribution in [0.15, 0.2) is 12.3 Å². The Bertz CT molecular complexity index is 525. The highest BCUT2D eigenvalue weighted by atomic mass is 35.5. The number of rotatable bonds is 3. The van der Waals surface area contributed by atoms with E-state index in [1.54, 1.807) is 12.3 Å². The molecule has 100 valence electrons. The third kappa shape index (κ3) is 3.14. The highest BCUT2D eigenvalue weighted by Crippen LogP contribution is 2.27. The maximum atomic E-state index is 12.2. The summed E-state index contributed by atoms with van der Waals surface area (Å²) in [5.41, 5.74) is 1.25. The van der Waals surface area contributed by atoms with Crippen molar-refractivity contribution in [2.45, 2.75) is 44.3 Å². The highest BCUT2D eigenvalue weighted by molar-refractivity contribution is 7.93. The first kappa shape index (κ1) is 13.6. The third-order valence-electron chi connectivity index (χ3n) is 3.22. The van der Waals surface area contributed by atoms with E-state index in [4.69, 9.17) is 11.6 Å². The van der Waals surface area contributed by atoms with Crippen molar-refractivity contribution in [3.05, 3.63) is 23.0 Å². The van der Waals surface area contributed by atoms with Gasteiger partial charge in [-0.15, -0.1) is 0 Å². The summed E-state index contributed by atoms with van der Waals surface area (Å²) in [5, 5.41) is -0.109. The third-order valence-corrected chi connectivity index (χ3v) is 5.37. The normalized spacial score (nSPS) is 17.7. The molecule has 1 aliphatic carbocycles. The van der Waals surface area contributed by atoms with Crippen molar-refractivity contribution < 1.29 is 8.42 Å². The van der Waals surface area contributed by atoms with Crippen molar-refractivity contribution in [3.8, 4) is 0 Å². The molecule has 0 amide bonds. The second-order valence-corrected chi connectivity index (χ2v) is 7.08. The average molecular weight is 289 g/mol. The molecule has 6 heteroatoms. The van der Waals surface area contributed by atoms with E-state index in [-0.39, 0.29) is 10.4 Å². The molecule has 0 saturated heterocycles. The Kier molecular flexibility index (Phi) is 4.12. The minimum atomic E-state index is -3.35. The van der Waals surface area contributed by atoms with Crippen LogP contribution in [0.2, 0.25) is 5.15 Å².